The van der Waals surface area contributed by atoms with E-state index < -0.39 is 21.5 Å². The van der Waals surface area contributed by atoms with Crippen LogP contribution in [0.3, 0.4) is 0 Å². The highest BCUT2D eigenvalue weighted by atomic mass is 32.2. The van der Waals surface area contributed by atoms with E-state index in [0.29, 0.717) is 0 Å². The molecule has 4 nitrogen and oxygen atoms in total. The van der Waals surface area contributed by atoms with Crippen LogP contribution in [0.5, 0.6) is 0 Å². The third-order valence-electron chi connectivity index (χ3n) is 1.46. The molecule has 0 aromatic heterocycles. The van der Waals surface area contributed by atoms with Gasteiger partial charge in [0.1, 0.15) is 0 Å². The second kappa shape index (κ2) is 3.89. The number of thiol groups is 1. The SMILES string of the molecule is Cc1ccc(S(=O)(=O)N=[SH-]=O)cc1. The van der Waals surface area contributed by atoms with E-state index in [9.17, 15) is 12.6 Å². The van der Waals surface area contributed by atoms with Crippen molar-refractivity contribution in [2.45, 2.75) is 11.8 Å². The van der Waals surface area contributed by atoms with Crippen molar-refractivity contribution in [2.24, 2.45) is 3.77 Å². The quantitative estimate of drug-likeness (QED) is 0.550. The van der Waals surface area contributed by atoms with Gasteiger partial charge in [-0.05, 0) is 19.1 Å². The summed E-state index contributed by atoms with van der Waals surface area (Å²) in [6.45, 7) is 1.85. The molecule has 0 spiro atoms. The highest BCUT2D eigenvalue weighted by molar-refractivity contribution is 7.93. The molecule has 0 heterocycles. The van der Waals surface area contributed by atoms with Crippen LogP contribution < -0.4 is 0 Å². The molecule has 1 aromatic rings. The molecule has 1 rings (SSSR count). The Morgan fingerprint density at radius 3 is 2.23 bits per heavy atom. The molecule has 0 N–H and O–H groups in total. The van der Waals surface area contributed by atoms with Gasteiger partial charge in [-0.25, -0.2) is 8.42 Å². The van der Waals surface area contributed by atoms with Crippen molar-refractivity contribution in [2.75, 3.05) is 0 Å². The fraction of sp³-hybridized carbons (Fsp3) is 0.143. The van der Waals surface area contributed by atoms with Crippen molar-refractivity contribution >= 4 is 21.5 Å². The molecule has 0 fully saturated rings. The summed E-state index contributed by atoms with van der Waals surface area (Å²) in [4.78, 5) is 0.0569. The van der Waals surface area contributed by atoms with Gasteiger partial charge in [-0.15, -0.1) is 0 Å². The molecule has 0 bridgehead atoms. The third kappa shape index (κ3) is 2.53. The third-order valence-corrected chi connectivity index (χ3v) is 3.45. The van der Waals surface area contributed by atoms with E-state index >= 15 is 0 Å². The molecular weight excluding hydrogens is 210 g/mol. The smallest absolute Gasteiger partial charge is 0.260 e. The van der Waals surface area contributed by atoms with Crippen molar-refractivity contribution < 1.29 is 12.6 Å². The maximum Gasteiger partial charge on any atom is 0.260 e. The lowest BCUT2D eigenvalue weighted by Gasteiger charge is -1.99. The van der Waals surface area contributed by atoms with E-state index in [0.717, 1.165) is 5.56 Å². The van der Waals surface area contributed by atoms with Gasteiger partial charge < -0.3 is 4.21 Å². The molecule has 0 unspecified atom stereocenters. The van der Waals surface area contributed by atoms with Gasteiger partial charge in [-0.1, -0.05) is 17.7 Å². The summed E-state index contributed by atoms with van der Waals surface area (Å²) < 4.78 is 35.3. The van der Waals surface area contributed by atoms with Crippen LogP contribution >= 0.6 is 0 Å². The first kappa shape index (κ1) is 10.2. The molecule has 0 atom stereocenters. The summed E-state index contributed by atoms with van der Waals surface area (Å²) >= 11 is -0.743. The molecule has 6 heteroatoms. The fourth-order valence-corrected chi connectivity index (χ4v) is 2.01. The number of benzene rings is 1. The van der Waals surface area contributed by atoms with Crippen molar-refractivity contribution in [3.8, 4) is 0 Å². The van der Waals surface area contributed by atoms with E-state index in [2.05, 4.69) is 3.77 Å². The summed E-state index contributed by atoms with van der Waals surface area (Å²) in [5, 5.41) is 0. The molecule has 0 aliphatic carbocycles. The first-order valence-electron chi connectivity index (χ1n) is 3.42. The minimum atomic E-state index is -3.73. The van der Waals surface area contributed by atoms with Gasteiger partial charge in [-0.3, -0.25) is 3.77 Å². The predicted molar refractivity (Wildman–Crippen MR) is 50.2 cm³/mol. The van der Waals surface area contributed by atoms with Gasteiger partial charge in [0.2, 0.25) is 0 Å². The minimum absolute atomic E-state index is 0.0569. The van der Waals surface area contributed by atoms with Crippen molar-refractivity contribution in [1.82, 2.24) is 0 Å². The van der Waals surface area contributed by atoms with Crippen LogP contribution in [-0.2, 0) is 25.7 Å². The zero-order valence-electron chi connectivity index (χ0n) is 6.84. The Hall–Kier alpha value is -0.880. The number of aryl methyl sites for hydroxylation is 1. The lowest BCUT2D eigenvalue weighted by Crippen LogP contribution is -1.94. The Balaban J connectivity index is 3.24. The number of nitrogens with zero attached hydrogens (tertiary/aromatic N) is 1. The number of hydrogen-bond donors (Lipinski definition) is 0. The Bertz CT molecular complexity index is 443. The zero-order chi connectivity index (χ0) is 9.90. The highest BCUT2D eigenvalue weighted by Gasteiger charge is 2.07. The number of rotatable bonds is 2. The van der Waals surface area contributed by atoms with Gasteiger partial charge >= 0.3 is 0 Å². The second-order valence-electron chi connectivity index (χ2n) is 2.45. The second-order valence-corrected chi connectivity index (χ2v) is 4.69. The lowest BCUT2D eigenvalue weighted by molar-refractivity contribution is 0.596. The summed E-state index contributed by atoms with van der Waals surface area (Å²) in [5.41, 5.74) is 0.957. The minimum Gasteiger partial charge on any atom is -0.446 e. The molecule has 0 saturated heterocycles. The predicted octanol–water partition coefficient (Wildman–Crippen LogP) is 1.03. The standard InChI is InChI=1S/C7H8NO3S2/c1-6-2-4-7(5-3-6)13(10,11)8-12-9/h2-5,12H,1H3/q-1. The van der Waals surface area contributed by atoms with Gasteiger partial charge in [0.25, 0.3) is 10.0 Å². The first-order valence-corrected chi connectivity index (χ1v) is 5.63. The van der Waals surface area contributed by atoms with Gasteiger partial charge in [-0.2, -0.15) is 11.5 Å². The summed E-state index contributed by atoms with van der Waals surface area (Å²) in [5.74, 6) is 0. The van der Waals surface area contributed by atoms with E-state index in [1.807, 2.05) is 6.92 Å². The molecule has 0 radical (unpaired) electrons. The summed E-state index contributed by atoms with van der Waals surface area (Å²) in [6, 6.07) is 6.17. The molecule has 0 aliphatic heterocycles. The maximum absolute atomic E-state index is 11.2. The van der Waals surface area contributed by atoms with Crippen molar-refractivity contribution in [3.05, 3.63) is 29.8 Å². The largest absolute Gasteiger partial charge is 0.446 e. The summed E-state index contributed by atoms with van der Waals surface area (Å²) in [6.07, 6.45) is 0. The van der Waals surface area contributed by atoms with Crippen LogP contribution in [0.4, 0.5) is 0 Å². The van der Waals surface area contributed by atoms with Crippen LogP contribution in [0.15, 0.2) is 32.9 Å². The van der Waals surface area contributed by atoms with E-state index in [1.165, 1.54) is 12.1 Å². The molecule has 72 valence electrons. The molecular formula is C7H8NO3S2-. The molecule has 0 aliphatic rings. The van der Waals surface area contributed by atoms with Crippen molar-refractivity contribution in [1.29, 1.82) is 0 Å². The van der Waals surface area contributed by atoms with E-state index in [1.54, 1.807) is 12.1 Å². The Morgan fingerprint density at radius 2 is 1.77 bits per heavy atom. The Labute approximate surface area is 79.9 Å². The molecule has 1 aromatic carbocycles. The van der Waals surface area contributed by atoms with Crippen LogP contribution in [0.1, 0.15) is 5.56 Å². The zero-order valence-corrected chi connectivity index (χ0v) is 8.55. The summed E-state index contributed by atoms with van der Waals surface area (Å²) in [7, 11) is -3.73. The van der Waals surface area contributed by atoms with Crippen molar-refractivity contribution in [3.63, 3.8) is 0 Å². The molecule has 13 heavy (non-hydrogen) atoms. The number of hydrogen-bond acceptors (Lipinski definition) is 4. The Morgan fingerprint density at radius 1 is 1.23 bits per heavy atom. The Kier molecular flexibility index (Phi) is 3.05. The first-order chi connectivity index (χ1) is 6.06. The average molecular weight is 218 g/mol. The fourth-order valence-electron chi connectivity index (χ4n) is 0.801. The van der Waals surface area contributed by atoms with E-state index in [4.69, 9.17) is 0 Å². The molecule has 0 amide bonds. The van der Waals surface area contributed by atoms with Gasteiger partial charge in [0, 0.05) is 0 Å². The van der Waals surface area contributed by atoms with Gasteiger partial charge in [0.15, 0.2) is 0 Å². The highest BCUT2D eigenvalue weighted by Crippen LogP contribution is 2.12. The van der Waals surface area contributed by atoms with Crippen LogP contribution in [0, 0.1) is 6.92 Å². The monoisotopic (exact) mass is 218 g/mol. The number of sulfonamides is 1. The lowest BCUT2D eigenvalue weighted by atomic mass is 10.2. The maximum atomic E-state index is 11.2. The van der Waals surface area contributed by atoms with Crippen LogP contribution in [0.25, 0.3) is 0 Å². The average Bonchev–Trinajstić information content (AvgIpc) is 2.05. The van der Waals surface area contributed by atoms with Gasteiger partial charge in [0.05, 0.1) is 4.90 Å². The topological polar surface area (TPSA) is 63.6 Å². The van der Waals surface area contributed by atoms with Crippen LogP contribution in [-0.4, -0.2) is 8.42 Å². The molecule has 0 saturated carbocycles. The normalized spacial score (nSPS) is 11.2. The van der Waals surface area contributed by atoms with E-state index in [-0.39, 0.29) is 4.90 Å². The van der Waals surface area contributed by atoms with Crippen LogP contribution in [0.2, 0.25) is 0 Å².